The van der Waals surface area contributed by atoms with Crippen LogP contribution in [0.2, 0.25) is 5.28 Å². The summed E-state index contributed by atoms with van der Waals surface area (Å²) in [6, 6.07) is 4.00. The van der Waals surface area contributed by atoms with Crippen LogP contribution in [0.4, 0.5) is 11.9 Å². The van der Waals surface area contributed by atoms with Crippen molar-refractivity contribution in [3.63, 3.8) is 0 Å². The average molecular weight is 293 g/mol. The predicted molar refractivity (Wildman–Crippen MR) is 79.9 cm³/mol. The third kappa shape index (κ3) is 3.77. The lowest BCUT2D eigenvalue weighted by molar-refractivity contribution is 0.937. The van der Waals surface area contributed by atoms with Gasteiger partial charge in [0.05, 0.1) is 12.2 Å². The van der Waals surface area contributed by atoms with E-state index >= 15 is 0 Å². The number of halogens is 1. The summed E-state index contributed by atoms with van der Waals surface area (Å²) < 4.78 is 0. The van der Waals surface area contributed by atoms with Crippen LogP contribution in [0.1, 0.15) is 25.1 Å². The predicted octanol–water partition coefficient (Wildman–Crippen LogP) is 2.53. The molecule has 0 aliphatic carbocycles. The summed E-state index contributed by atoms with van der Waals surface area (Å²) in [7, 11) is 0. The molecule has 0 saturated heterocycles. The lowest BCUT2D eigenvalue weighted by atomic mass is 10.1. The Kier molecular flexibility index (Phi) is 5.06. The topological polar surface area (TPSA) is 75.6 Å². The molecule has 2 N–H and O–H groups in total. The molecule has 6 nitrogen and oxygen atoms in total. The number of aromatic nitrogens is 4. The van der Waals surface area contributed by atoms with E-state index in [2.05, 4.69) is 43.6 Å². The van der Waals surface area contributed by atoms with Crippen LogP contribution in [0.15, 0.2) is 18.3 Å². The normalized spacial score (nSPS) is 10.3. The maximum absolute atomic E-state index is 5.87. The Balaban J connectivity index is 2.10. The maximum Gasteiger partial charge on any atom is 0.229 e. The summed E-state index contributed by atoms with van der Waals surface area (Å²) in [5.41, 5.74) is 2.18. The minimum absolute atomic E-state index is 0.162. The molecule has 7 heteroatoms. The monoisotopic (exact) mass is 292 g/mol. The number of hydrogen-bond donors (Lipinski definition) is 2. The zero-order valence-electron chi connectivity index (χ0n) is 11.5. The number of aryl methyl sites for hydroxylation is 1. The van der Waals surface area contributed by atoms with Crippen molar-refractivity contribution in [2.24, 2.45) is 0 Å². The van der Waals surface area contributed by atoms with Gasteiger partial charge in [-0.2, -0.15) is 15.0 Å². The second kappa shape index (κ2) is 7.00. The van der Waals surface area contributed by atoms with Crippen LogP contribution in [-0.4, -0.2) is 26.5 Å². The van der Waals surface area contributed by atoms with Gasteiger partial charge in [0.15, 0.2) is 0 Å². The molecule has 2 aromatic rings. The van der Waals surface area contributed by atoms with E-state index < -0.39 is 0 Å². The quantitative estimate of drug-likeness (QED) is 0.852. The first-order valence-corrected chi connectivity index (χ1v) is 6.92. The molecule has 0 unspecified atom stereocenters. The summed E-state index contributed by atoms with van der Waals surface area (Å²) in [6.07, 6.45) is 2.71. The fourth-order valence-electron chi connectivity index (χ4n) is 1.78. The lowest BCUT2D eigenvalue weighted by Gasteiger charge is -2.09. The maximum atomic E-state index is 5.87. The smallest absolute Gasteiger partial charge is 0.229 e. The van der Waals surface area contributed by atoms with Crippen molar-refractivity contribution >= 4 is 23.5 Å². The van der Waals surface area contributed by atoms with Crippen molar-refractivity contribution in [3.05, 3.63) is 34.9 Å². The Labute approximate surface area is 123 Å². The highest BCUT2D eigenvalue weighted by Crippen LogP contribution is 2.12. The van der Waals surface area contributed by atoms with Crippen molar-refractivity contribution in [1.82, 2.24) is 19.9 Å². The number of hydrogen-bond acceptors (Lipinski definition) is 6. The Morgan fingerprint density at radius 2 is 1.85 bits per heavy atom. The number of nitrogens with one attached hydrogen (secondary N) is 2. The van der Waals surface area contributed by atoms with Gasteiger partial charge < -0.3 is 10.6 Å². The van der Waals surface area contributed by atoms with Crippen LogP contribution >= 0.6 is 11.6 Å². The highest BCUT2D eigenvalue weighted by atomic mass is 35.5. The Bertz CT molecular complexity index is 575. The molecule has 0 aromatic carbocycles. The van der Waals surface area contributed by atoms with Gasteiger partial charge in [-0.1, -0.05) is 13.0 Å². The van der Waals surface area contributed by atoms with Crippen LogP contribution in [0, 0.1) is 0 Å². The van der Waals surface area contributed by atoms with Crippen LogP contribution in [0.5, 0.6) is 0 Å². The number of pyridine rings is 1. The second-order valence-corrected chi connectivity index (χ2v) is 4.44. The van der Waals surface area contributed by atoms with E-state index in [1.807, 2.05) is 13.0 Å². The zero-order chi connectivity index (χ0) is 14.4. The summed E-state index contributed by atoms with van der Waals surface area (Å²) >= 11 is 5.87. The van der Waals surface area contributed by atoms with Gasteiger partial charge in [-0.05, 0) is 36.6 Å². The van der Waals surface area contributed by atoms with Crippen molar-refractivity contribution in [2.75, 3.05) is 17.2 Å². The summed E-state index contributed by atoms with van der Waals surface area (Å²) in [5.74, 6) is 0.903. The molecule has 0 radical (unpaired) electrons. The molecule has 0 spiro atoms. The molecule has 0 saturated carbocycles. The van der Waals surface area contributed by atoms with Gasteiger partial charge in [-0.25, -0.2) is 0 Å². The van der Waals surface area contributed by atoms with E-state index in [0.717, 1.165) is 18.7 Å². The van der Waals surface area contributed by atoms with E-state index in [1.165, 1.54) is 5.56 Å². The molecule has 106 valence electrons. The minimum atomic E-state index is 0.162. The van der Waals surface area contributed by atoms with Crippen molar-refractivity contribution in [2.45, 2.75) is 26.8 Å². The number of rotatable bonds is 6. The van der Waals surface area contributed by atoms with E-state index in [4.69, 9.17) is 11.6 Å². The average Bonchev–Trinajstić information content (AvgIpc) is 2.45. The molecule has 0 amide bonds. The van der Waals surface area contributed by atoms with E-state index in [9.17, 15) is 0 Å². The fraction of sp³-hybridized carbons (Fsp3) is 0.385. The highest BCUT2D eigenvalue weighted by molar-refractivity contribution is 6.28. The van der Waals surface area contributed by atoms with Crippen molar-refractivity contribution in [1.29, 1.82) is 0 Å². The number of anilines is 2. The molecule has 0 aliphatic heterocycles. The largest absolute Gasteiger partial charge is 0.354 e. The molecule has 2 aromatic heterocycles. The van der Waals surface area contributed by atoms with Gasteiger partial charge in [-0.3, -0.25) is 4.98 Å². The molecule has 0 bridgehead atoms. The zero-order valence-corrected chi connectivity index (χ0v) is 12.3. The lowest BCUT2D eigenvalue weighted by Crippen LogP contribution is -2.10. The summed E-state index contributed by atoms with van der Waals surface area (Å²) in [4.78, 5) is 16.6. The highest BCUT2D eigenvalue weighted by Gasteiger charge is 2.06. The number of nitrogens with zero attached hydrogens (tertiary/aromatic N) is 4. The van der Waals surface area contributed by atoms with E-state index in [-0.39, 0.29) is 5.28 Å². The first kappa shape index (κ1) is 14.5. The third-order valence-electron chi connectivity index (χ3n) is 2.72. The van der Waals surface area contributed by atoms with Gasteiger partial charge in [0, 0.05) is 12.7 Å². The van der Waals surface area contributed by atoms with Gasteiger partial charge in [0.2, 0.25) is 17.2 Å². The first-order valence-electron chi connectivity index (χ1n) is 6.55. The van der Waals surface area contributed by atoms with Gasteiger partial charge in [0.25, 0.3) is 0 Å². The van der Waals surface area contributed by atoms with Crippen molar-refractivity contribution in [3.8, 4) is 0 Å². The Morgan fingerprint density at radius 1 is 1.10 bits per heavy atom. The Hall–Kier alpha value is -1.95. The molecule has 0 atom stereocenters. The van der Waals surface area contributed by atoms with Crippen LogP contribution in [0.25, 0.3) is 0 Å². The molecule has 2 heterocycles. The van der Waals surface area contributed by atoms with E-state index in [1.54, 1.807) is 6.20 Å². The van der Waals surface area contributed by atoms with Crippen LogP contribution in [-0.2, 0) is 13.0 Å². The molecular weight excluding hydrogens is 276 g/mol. The summed E-state index contributed by atoms with van der Waals surface area (Å²) in [5, 5.41) is 6.30. The molecule has 0 aliphatic rings. The Morgan fingerprint density at radius 3 is 2.55 bits per heavy atom. The first-order chi connectivity index (χ1) is 9.72. The van der Waals surface area contributed by atoms with Crippen molar-refractivity contribution < 1.29 is 0 Å². The SMILES string of the molecule is CCNc1nc(Cl)nc(NCc2ncccc2CC)n1. The molecule has 0 fully saturated rings. The fourth-order valence-corrected chi connectivity index (χ4v) is 1.94. The van der Waals surface area contributed by atoms with E-state index in [0.29, 0.717) is 18.4 Å². The second-order valence-electron chi connectivity index (χ2n) is 4.10. The van der Waals surface area contributed by atoms with Crippen LogP contribution in [0.3, 0.4) is 0 Å². The summed E-state index contributed by atoms with van der Waals surface area (Å²) in [6.45, 7) is 5.34. The molecular formula is C13H17ClN6. The van der Waals surface area contributed by atoms with Gasteiger partial charge in [0.1, 0.15) is 0 Å². The van der Waals surface area contributed by atoms with Gasteiger partial charge >= 0.3 is 0 Å². The molecule has 20 heavy (non-hydrogen) atoms. The standard InChI is InChI=1S/C13H17ClN6/c1-3-9-6-5-7-16-10(9)8-17-13-19-11(14)18-12(20-13)15-4-2/h5-7H,3-4,8H2,1-2H3,(H2,15,17,18,19,20). The molecule has 2 rings (SSSR count). The van der Waals surface area contributed by atoms with Crippen LogP contribution < -0.4 is 10.6 Å². The van der Waals surface area contributed by atoms with Gasteiger partial charge in [-0.15, -0.1) is 0 Å². The minimum Gasteiger partial charge on any atom is -0.354 e. The third-order valence-corrected chi connectivity index (χ3v) is 2.89.